The molecule has 1 N–H and O–H groups in total. The Morgan fingerprint density at radius 2 is 1.67 bits per heavy atom. The maximum Gasteiger partial charge on any atom is 0.262 e. The van der Waals surface area contributed by atoms with Crippen LogP contribution in [0.25, 0.3) is 0 Å². The first-order valence-electron chi connectivity index (χ1n) is 7.93. The van der Waals surface area contributed by atoms with E-state index in [9.17, 15) is 13.2 Å². The molecule has 0 saturated heterocycles. The molecule has 1 amide bonds. The van der Waals surface area contributed by atoms with E-state index in [4.69, 9.17) is 14.2 Å². The van der Waals surface area contributed by atoms with Gasteiger partial charge >= 0.3 is 0 Å². The van der Waals surface area contributed by atoms with Crippen molar-refractivity contribution in [2.75, 3.05) is 43.8 Å². The van der Waals surface area contributed by atoms with E-state index < -0.39 is 10.0 Å². The topological polar surface area (TPSA) is 94.2 Å². The molecule has 0 saturated carbocycles. The lowest BCUT2D eigenvalue weighted by Gasteiger charge is -2.16. The number of benzene rings is 2. The van der Waals surface area contributed by atoms with Crippen molar-refractivity contribution >= 4 is 27.3 Å². The van der Waals surface area contributed by atoms with Crippen LogP contribution in [0.4, 0.5) is 11.4 Å². The van der Waals surface area contributed by atoms with Gasteiger partial charge in [0.15, 0.2) is 18.1 Å². The van der Waals surface area contributed by atoms with Crippen LogP contribution in [0.3, 0.4) is 0 Å². The van der Waals surface area contributed by atoms with Gasteiger partial charge in [0.05, 0.1) is 26.2 Å². The molecule has 0 aromatic heterocycles. The fourth-order valence-electron chi connectivity index (χ4n) is 2.20. The zero-order chi connectivity index (χ0) is 20.0. The number of methoxy groups -OCH3 is 2. The lowest BCUT2D eigenvalue weighted by molar-refractivity contribution is -0.118. The highest BCUT2D eigenvalue weighted by Crippen LogP contribution is 2.29. The number of nitrogens with one attached hydrogen (secondary N) is 1. The third-order valence-corrected chi connectivity index (χ3v) is 4.94. The van der Waals surface area contributed by atoms with Gasteiger partial charge in [0.25, 0.3) is 5.91 Å². The summed E-state index contributed by atoms with van der Waals surface area (Å²) in [6.45, 7) is -0.199. The lowest BCUT2D eigenvalue weighted by atomic mass is 10.2. The van der Waals surface area contributed by atoms with Gasteiger partial charge in [-0.25, -0.2) is 8.42 Å². The lowest BCUT2D eigenvalue weighted by Crippen LogP contribution is -2.24. The summed E-state index contributed by atoms with van der Waals surface area (Å²) < 4.78 is 39.9. The molecule has 0 aliphatic carbocycles. The van der Waals surface area contributed by atoms with Gasteiger partial charge in [0, 0.05) is 18.8 Å². The average Bonchev–Trinajstić information content (AvgIpc) is 2.65. The molecule has 0 atom stereocenters. The molecule has 27 heavy (non-hydrogen) atoms. The Hall–Kier alpha value is -2.94. The number of amides is 1. The van der Waals surface area contributed by atoms with Crippen LogP contribution in [0, 0.1) is 0 Å². The maximum atomic E-state index is 12.1. The number of nitrogens with zero attached hydrogens (tertiary/aromatic N) is 1. The van der Waals surface area contributed by atoms with Crippen molar-refractivity contribution in [3.63, 3.8) is 0 Å². The summed E-state index contributed by atoms with van der Waals surface area (Å²) in [6.07, 6.45) is 1.12. The fraction of sp³-hybridized carbons (Fsp3) is 0.278. The van der Waals surface area contributed by atoms with Gasteiger partial charge in [-0.2, -0.15) is 0 Å². The number of rotatable bonds is 8. The van der Waals surface area contributed by atoms with Crippen LogP contribution in [0.15, 0.2) is 42.5 Å². The zero-order valence-corrected chi connectivity index (χ0v) is 16.4. The van der Waals surface area contributed by atoms with Crippen molar-refractivity contribution in [2.24, 2.45) is 0 Å². The van der Waals surface area contributed by atoms with Gasteiger partial charge in [-0.3, -0.25) is 9.10 Å². The van der Waals surface area contributed by atoms with Crippen molar-refractivity contribution < 1.29 is 27.4 Å². The summed E-state index contributed by atoms with van der Waals surface area (Å²) in [5.41, 5.74) is 1.05. The number of ether oxygens (including phenoxy) is 3. The summed E-state index contributed by atoms with van der Waals surface area (Å²) in [4.78, 5) is 12.1. The molecule has 146 valence electrons. The van der Waals surface area contributed by atoms with Crippen LogP contribution in [0.1, 0.15) is 0 Å². The van der Waals surface area contributed by atoms with Crippen LogP contribution < -0.4 is 23.8 Å². The van der Waals surface area contributed by atoms with Crippen molar-refractivity contribution in [3.05, 3.63) is 42.5 Å². The first-order valence-corrected chi connectivity index (χ1v) is 9.78. The van der Waals surface area contributed by atoms with E-state index >= 15 is 0 Å². The second kappa shape index (κ2) is 8.63. The third kappa shape index (κ3) is 5.52. The van der Waals surface area contributed by atoms with E-state index in [-0.39, 0.29) is 12.5 Å². The molecular weight excluding hydrogens is 372 g/mol. The molecule has 0 aliphatic rings. The highest BCUT2D eigenvalue weighted by Gasteiger charge is 2.12. The Morgan fingerprint density at radius 3 is 2.22 bits per heavy atom. The molecule has 0 fully saturated rings. The molecule has 2 rings (SSSR count). The quantitative estimate of drug-likeness (QED) is 0.737. The smallest absolute Gasteiger partial charge is 0.262 e. The van der Waals surface area contributed by atoms with Gasteiger partial charge in [-0.1, -0.05) is 0 Å². The minimum atomic E-state index is -3.33. The molecular formula is C18H22N2O6S. The van der Waals surface area contributed by atoms with Crippen LogP contribution in [0.2, 0.25) is 0 Å². The maximum absolute atomic E-state index is 12.1. The molecule has 0 unspecified atom stereocenters. The molecule has 8 nitrogen and oxygen atoms in total. The summed E-state index contributed by atoms with van der Waals surface area (Å²) in [6, 6.07) is 11.4. The first kappa shape index (κ1) is 20.4. The van der Waals surface area contributed by atoms with Crippen molar-refractivity contribution in [1.82, 2.24) is 0 Å². The van der Waals surface area contributed by atoms with E-state index in [1.54, 1.807) is 42.5 Å². The summed E-state index contributed by atoms with van der Waals surface area (Å²) in [5, 5.41) is 2.70. The molecule has 2 aromatic rings. The Morgan fingerprint density at radius 1 is 1.04 bits per heavy atom. The van der Waals surface area contributed by atoms with Crippen molar-refractivity contribution in [1.29, 1.82) is 0 Å². The van der Waals surface area contributed by atoms with E-state index in [0.717, 1.165) is 10.6 Å². The first-order chi connectivity index (χ1) is 12.7. The molecule has 9 heteroatoms. The Bertz CT molecular complexity index is 897. The summed E-state index contributed by atoms with van der Waals surface area (Å²) >= 11 is 0. The number of carbonyl (C=O) groups excluding carboxylic acids is 1. The number of hydrogen-bond donors (Lipinski definition) is 1. The van der Waals surface area contributed by atoms with Gasteiger partial charge in [0.2, 0.25) is 10.0 Å². The second-order valence-electron chi connectivity index (χ2n) is 5.63. The van der Waals surface area contributed by atoms with Gasteiger partial charge in [0.1, 0.15) is 5.75 Å². The molecule has 0 spiro atoms. The minimum absolute atomic E-state index is 0.199. The van der Waals surface area contributed by atoms with Crippen LogP contribution in [-0.2, 0) is 14.8 Å². The Kier molecular flexibility index (Phi) is 6.51. The number of carbonyl (C=O) groups is 1. The van der Waals surface area contributed by atoms with E-state index in [1.807, 2.05) is 0 Å². The van der Waals surface area contributed by atoms with Crippen LogP contribution in [-0.4, -0.2) is 48.5 Å². The molecule has 0 aliphatic heterocycles. The Labute approximate surface area is 158 Å². The molecule has 2 aromatic carbocycles. The Balaban J connectivity index is 1.94. The molecule has 0 radical (unpaired) electrons. The largest absolute Gasteiger partial charge is 0.493 e. The predicted octanol–water partition coefficient (Wildman–Crippen LogP) is 2.12. The summed E-state index contributed by atoms with van der Waals surface area (Å²) in [7, 11) is 1.17. The number of anilines is 2. The standard InChI is InChI=1S/C18H22N2O6S/c1-20(27(4,22)23)14-6-8-15(9-7-14)26-12-18(21)19-13-5-10-16(24-2)17(11-13)25-3/h5-11H,12H2,1-4H3,(H,19,21). The predicted molar refractivity (Wildman–Crippen MR) is 103 cm³/mol. The highest BCUT2D eigenvalue weighted by molar-refractivity contribution is 7.92. The third-order valence-electron chi connectivity index (χ3n) is 3.74. The van der Waals surface area contributed by atoms with Gasteiger partial charge < -0.3 is 19.5 Å². The van der Waals surface area contributed by atoms with Crippen molar-refractivity contribution in [3.8, 4) is 17.2 Å². The minimum Gasteiger partial charge on any atom is -0.493 e. The van der Waals surface area contributed by atoms with Gasteiger partial charge in [-0.05, 0) is 36.4 Å². The summed E-state index contributed by atoms with van der Waals surface area (Å²) in [5.74, 6) is 1.16. The van der Waals surface area contributed by atoms with Crippen LogP contribution >= 0.6 is 0 Å². The van der Waals surface area contributed by atoms with E-state index in [2.05, 4.69) is 5.32 Å². The fourth-order valence-corrected chi connectivity index (χ4v) is 2.71. The highest BCUT2D eigenvalue weighted by atomic mass is 32.2. The van der Waals surface area contributed by atoms with E-state index in [1.165, 1.54) is 21.3 Å². The number of sulfonamides is 1. The van der Waals surface area contributed by atoms with E-state index in [0.29, 0.717) is 28.6 Å². The average molecular weight is 394 g/mol. The number of hydrogen-bond acceptors (Lipinski definition) is 6. The van der Waals surface area contributed by atoms with Crippen molar-refractivity contribution in [2.45, 2.75) is 0 Å². The zero-order valence-electron chi connectivity index (χ0n) is 15.6. The molecule has 0 heterocycles. The normalized spacial score (nSPS) is 10.8. The monoisotopic (exact) mass is 394 g/mol. The second-order valence-corrected chi connectivity index (χ2v) is 7.64. The van der Waals surface area contributed by atoms with Crippen LogP contribution in [0.5, 0.6) is 17.2 Å². The SMILES string of the molecule is COc1ccc(NC(=O)COc2ccc(N(C)S(C)(=O)=O)cc2)cc1OC. The molecule has 0 bridgehead atoms. The van der Waals surface area contributed by atoms with Gasteiger partial charge in [-0.15, -0.1) is 0 Å².